The van der Waals surface area contributed by atoms with Gasteiger partial charge in [-0.3, -0.25) is 9.59 Å². The van der Waals surface area contributed by atoms with Gasteiger partial charge in [-0.15, -0.1) is 0 Å². The van der Waals surface area contributed by atoms with E-state index in [1.165, 1.54) is 0 Å². The molecule has 0 bridgehead atoms. The van der Waals surface area contributed by atoms with Gasteiger partial charge in [-0.25, -0.2) is 0 Å². The first-order valence-corrected chi connectivity index (χ1v) is 9.77. The molecular formula is C24H22N2O4. The minimum absolute atomic E-state index is 0.166. The molecule has 3 aromatic rings. The van der Waals surface area contributed by atoms with Crippen molar-refractivity contribution in [3.63, 3.8) is 0 Å². The standard InChI is InChI=1S/C24H22N2O4/c1-16(17-7-3-2-4-8-17)25-24(28)19-9-5-6-10-20(19)26-23(27)18-11-12-21-22(15-18)30-14-13-29-21/h2-12,15-16H,13-14H2,1H3,(H,25,28)(H,26,27)/t16-/m0/s1. The molecule has 30 heavy (non-hydrogen) atoms. The normalized spacial score (nSPS) is 13.2. The monoisotopic (exact) mass is 402 g/mol. The molecule has 1 aliphatic heterocycles. The van der Waals surface area contributed by atoms with Crippen LogP contribution < -0.4 is 20.1 Å². The van der Waals surface area contributed by atoms with Crippen LogP contribution in [0, 0.1) is 0 Å². The number of rotatable bonds is 5. The fourth-order valence-electron chi connectivity index (χ4n) is 3.27. The zero-order valence-corrected chi connectivity index (χ0v) is 16.6. The van der Waals surface area contributed by atoms with Gasteiger partial charge in [0, 0.05) is 5.56 Å². The molecule has 1 atom stereocenters. The predicted molar refractivity (Wildman–Crippen MR) is 114 cm³/mol. The van der Waals surface area contributed by atoms with Crippen LogP contribution in [0.1, 0.15) is 39.2 Å². The molecule has 6 heteroatoms. The highest BCUT2D eigenvalue weighted by Gasteiger charge is 2.18. The number of carbonyl (C=O) groups is 2. The molecular weight excluding hydrogens is 380 g/mol. The van der Waals surface area contributed by atoms with E-state index in [-0.39, 0.29) is 17.9 Å². The molecule has 0 saturated carbocycles. The van der Waals surface area contributed by atoms with Gasteiger partial charge in [0.15, 0.2) is 11.5 Å². The van der Waals surface area contributed by atoms with E-state index in [9.17, 15) is 9.59 Å². The summed E-state index contributed by atoms with van der Waals surface area (Å²) in [6.07, 6.45) is 0. The van der Waals surface area contributed by atoms with Crippen LogP contribution in [0.2, 0.25) is 0 Å². The van der Waals surface area contributed by atoms with Gasteiger partial charge in [-0.1, -0.05) is 42.5 Å². The molecule has 2 N–H and O–H groups in total. The number of fused-ring (bicyclic) bond motifs is 1. The summed E-state index contributed by atoms with van der Waals surface area (Å²) >= 11 is 0. The third-order valence-electron chi connectivity index (χ3n) is 4.87. The quantitative estimate of drug-likeness (QED) is 0.671. The van der Waals surface area contributed by atoms with Crippen LogP contribution in [0.4, 0.5) is 5.69 Å². The van der Waals surface area contributed by atoms with Gasteiger partial charge < -0.3 is 20.1 Å². The molecule has 152 valence electrons. The topological polar surface area (TPSA) is 76.7 Å². The summed E-state index contributed by atoms with van der Waals surface area (Å²) in [5.41, 5.74) is 2.26. The van der Waals surface area contributed by atoms with Gasteiger partial charge in [0.1, 0.15) is 13.2 Å². The van der Waals surface area contributed by atoms with E-state index in [0.29, 0.717) is 41.5 Å². The summed E-state index contributed by atoms with van der Waals surface area (Å²) in [7, 11) is 0. The van der Waals surface area contributed by atoms with Crippen LogP contribution in [0.5, 0.6) is 11.5 Å². The van der Waals surface area contributed by atoms with E-state index < -0.39 is 0 Å². The molecule has 0 fully saturated rings. The van der Waals surface area contributed by atoms with Crippen LogP contribution in [-0.2, 0) is 0 Å². The van der Waals surface area contributed by atoms with Crippen molar-refractivity contribution in [1.29, 1.82) is 0 Å². The van der Waals surface area contributed by atoms with Crippen LogP contribution in [-0.4, -0.2) is 25.0 Å². The van der Waals surface area contributed by atoms with Crippen molar-refractivity contribution in [3.8, 4) is 11.5 Å². The number of para-hydroxylation sites is 1. The molecule has 0 saturated heterocycles. The fraction of sp³-hybridized carbons (Fsp3) is 0.167. The van der Waals surface area contributed by atoms with Gasteiger partial charge in [-0.05, 0) is 42.8 Å². The minimum atomic E-state index is -0.330. The highest BCUT2D eigenvalue weighted by molar-refractivity contribution is 6.09. The lowest BCUT2D eigenvalue weighted by atomic mass is 10.1. The molecule has 2 amide bonds. The highest BCUT2D eigenvalue weighted by atomic mass is 16.6. The summed E-state index contributed by atoms with van der Waals surface area (Å²) in [5.74, 6) is 0.567. The molecule has 1 aliphatic rings. The van der Waals surface area contributed by atoms with Gasteiger partial charge in [0.05, 0.1) is 17.3 Å². The second-order valence-corrected chi connectivity index (χ2v) is 6.96. The maximum atomic E-state index is 12.9. The Labute approximate surface area is 174 Å². The summed E-state index contributed by atoms with van der Waals surface area (Å²) in [6.45, 7) is 2.85. The SMILES string of the molecule is C[C@H](NC(=O)c1ccccc1NC(=O)c1ccc2c(c1)OCCO2)c1ccccc1. The number of benzene rings is 3. The second-order valence-electron chi connectivity index (χ2n) is 6.96. The van der Waals surface area contributed by atoms with Gasteiger partial charge in [0.25, 0.3) is 11.8 Å². The molecule has 0 unspecified atom stereocenters. The first-order valence-electron chi connectivity index (χ1n) is 9.77. The van der Waals surface area contributed by atoms with Crippen LogP contribution in [0.25, 0.3) is 0 Å². The summed E-state index contributed by atoms with van der Waals surface area (Å²) in [4.78, 5) is 25.6. The van der Waals surface area contributed by atoms with E-state index in [0.717, 1.165) is 5.56 Å². The highest BCUT2D eigenvalue weighted by Crippen LogP contribution is 2.31. The van der Waals surface area contributed by atoms with Crippen molar-refractivity contribution in [1.82, 2.24) is 5.32 Å². The smallest absolute Gasteiger partial charge is 0.255 e. The summed E-state index contributed by atoms with van der Waals surface area (Å²) in [6, 6.07) is 21.5. The third-order valence-corrected chi connectivity index (χ3v) is 4.87. The summed E-state index contributed by atoms with van der Waals surface area (Å²) < 4.78 is 11.0. The molecule has 0 spiro atoms. The Hall–Kier alpha value is -3.80. The first kappa shape index (κ1) is 19.5. The lowest BCUT2D eigenvalue weighted by molar-refractivity contribution is 0.0941. The Balaban J connectivity index is 1.50. The fourth-order valence-corrected chi connectivity index (χ4v) is 3.27. The number of anilines is 1. The van der Waals surface area contributed by atoms with Crippen LogP contribution in [0.3, 0.4) is 0 Å². The van der Waals surface area contributed by atoms with Gasteiger partial charge in [0.2, 0.25) is 0 Å². The summed E-state index contributed by atoms with van der Waals surface area (Å²) in [5, 5.41) is 5.81. The van der Waals surface area contributed by atoms with Crippen molar-refractivity contribution in [2.45, 2.75) is 13.0 Å². The van der Waals surface area contributed by atoms with E-state index in [2.05, 4.69) is 10.6 Å². The molecule has 1 heterocycles. The Kier molecular flexibility index (Phi) is 5.66. The molecule has 6 nitrogen and oxygen atoms in total. The second kappa shape index (κ2) is 8.69. The number of hydrogen-bond acceptors (Lipinski definition) is 4. The number of carbonyl (C=O) groups excluding carboxylic acids is 2. The Morgan fingerprint density at radius 1 is 0.833 bits per heavy atom. The number of ether oxygens (including phenoxy) is 2. The molecule has 0 aliphatic carbocycles. The predicted octanol–water partition coefficient (Wildman–Crippen LogP) is 4.20. The third kappa shape index (κ3) is 4.27. The van der Waals surface area contributed by atoms with E-state index in [1.54, 1.807) is 42.5 Å². The Morgan fingerprint density at radius 2 is 1.53 bits per heavy atom. The number of hydrogen-bond donors (Lipinski definition) is 2. The molecule has 0 aromatic heterocycles. The molecule has 4 rings (SSSR count). The van der Waals surface area contributed by atoms with Crippen molar-refractivity contribution in [2.75, 3.05) is 18.5 Å². The van der Waals surface area contributed by atoms with Gasteiger partial charge >= 0.3 is 0 Å². The lowest BCUT2D eigenvalue weighted by Crippen LogP contribution is -2.28. The average Bonchev–Trinajstić information content (AvgIpc) is 2.79. The zero-order valence-electron chi connectivity index (χ0n) is 16.6. The van der Waals surface area contributed by atoms with Crippen LogP contribution >= 0.6 is 0 Å². The Morgan fingerprint density at radius 3 is 2.33 bits per heavy atom. The largest absolute Gasteiger partial charge is 0.486 e. The maximum Gasteiger partial charge on any atom is 0.255 e. The van der Waals surface area contributed by atoms with E-state index in [4.69, 9.17) is 9.47 Å². The van der Waals surface area contributed by atoms with E-state index in [1.807, 2.05) is 37.3 Å². The van der Waals surface area contributed by atoms with Crippen molar-refractivity contribution >= 4 is 17.5 Å². The lowest BCUT2D eigenvalue weighted by Gasteiger charge is -2.19. The zero-order chi connectivity index (χ0) is 20.9. The number of amides is 2. The Bertz CT molecular complexity index is 1070. The van der Waals surface area contributed by atoms with Crippen LogP contribution in [0.15, 0.2) is 72.8 Å². The first-order chi connectivity index (χ1) is 14.6. The molecule has 0 radical (unpaired) electrons. The number of nitrogens with one attached hydrogen (secondary N) is 2. The maximum absolute atomic E-state index is 12.9. The van der Waals surface area contributed by atoms with Crippen molar-refractivity contribution in [3.05, 3.63) is 89.5 Å². The minimum Gasteiger partial charge on any atom is -0.486 e. The van der Waals surface area contributed by atoms with Crippen molar-refractivity contribution in [2.24, 2.45) is 0 Å². The van der Waals surface area contributed by atoms with E-state index >= 15 is 0 Å². The average molecular weight is 402 g/mol. The van der Waals surface area contributed by atoms with Crippen molar-refractivity contribution < 1.29 is 19.1 Å². The molecule has 3 aromatic carbocycles. The van der Waals surface area contributed by atoms with Gasteiger partial charge in [-0.2, -0.15) is 0 Å².